The first-order valence-electron chi connectivity index (χ1n) is 8.02. The van der Waals surface area contributed by atoms with Gasteiger partial charge < -0.3 is 15.4 Å². The summed E-state index contributed by atoms with van der Waals surface area (Å²) in [6.07, 6.45) is 0. The first-order chi connectivity index (χ1) is 12.3. The highest BCUT2D eigenvalue weighted by Gasteiger charge is 2.25. The van der Waals surface area contributed by atoms with Crippen molar-refractivity contribution in [3.05, 3.63) is 57.5 Å². The van der Waals surface area contributed by atoms with Crippen LogP contribution in [0.1, 0.15) is 24.2 Å². The van der Waals surface area contributed by atoms with E-state index in [0.29, 0.717) is 22.0 Å². The lowest BCUT2D eigenvalue weighted by Crippen LogP contribution is -2.47. The summed E-state index contributed by atoms with van der Waals surface area (Å²) >= 11 is 9.46. The summed E-state index contributed by atoms with van der Waals surface area (Å²) in [5.41, 5.74) is 0.940. The number of ether oxygens (including phenoxy) is 1. The van der Waals surface area contributed by atoms with Crippen molar-refractivity contribution in [3.8, 4) is 5.75 Å². The average Bonchev–Trinajstić information content (AvgIpc) is 2.61. The molecule has 0 heterocycles. The van der Waals surface area contributed by atoms with Crippen LogP contribution >= 0.6 is 27.5 Å². The fourth-order valence-corrected chi connectivity index (χ4v) is 3.02. The third-order valence-corrected chi connectivity index (χ3v) is 4.58. The molecule has 0 aliphatic heterocycles. The van der Waals surface area contributed by atoms with E-state index in [4.69, 9.17) is 16.3 Å². The van der Waals surface area contributed by atoms with Gasteiger partial charge in [-0.05, 0) is 48.4 Å². The predicted octanol–water partition coefficient (Wildman–Crippen LogP) is 4.50. The summed E-state index contributed by atoms with van der Waals surface area (Å²) in [4.78, 5) is 25.1. The van der Waals surface area contributed by atoms with E-state index >= 15 is 0 Å². The highest BCUT2D eigenvalue weighted by Crippen LogP contribution is 2.26. The normalized spacial score (nSPS) is 11.8. The second kappa shape index (κ2) is 9.05. The van der Waals surface area contributed by atoms with E-state index in [0.717, 1.165) is 4.47 Å². The predicted molar refractivity (Wildman–Crippen MR) is 107 cm³/mol. The average molecular weight is 440 g/mol. The van der Waals surface area contributed by atoms with E-state index < -0.39 is 6.04 Å². The van der Waals surface area contributed by atoms with E-state index in [1.807, 2.05) is 13.8 Å². The minimum absolute atomic E-state index is 0.105. The molecule has 7 heteroatoms. The fraction of sp³-hybridized carbons (Fsp3) is 0.263. The van der Waals surface area contributed by atoms with E-state index in [1.165, 1.54) is 0 Å². The van der Waals surface area contributed by atoms with Crippen LogP contribution in [0.2, 0.25) is 5.02 Å². The molecule has 26 heavy (non-hydrogen) atoms. The van der Waals surface area contributed by atoms with Gasteiger partial charge in [0.25, 0.3) is 5.91 Å². The van der Waals surface area contributed by atoms with Crippen LogP contribution in [0.25, 0.3) is 0 Å². The smallest absolute Gasteiger partial charge is 0.251 e. The summed E-state index contributed by atoms with van der Waals surface area (Å²) in [6, 6.07) is 11.2. The van der Waals surface area contributed by atoms with Gasteiger partial charge in [0, 0.05) is 10.0 Å². The Morgan fingerprint density at radius 3 is 2.31 bits per heavy atom. The Hall–Kier alpha value is -2.05. The molecule has 5 nitrogen and oxygen atoms in total. The molecule has 2 amide bonds. The van der Waals surface area contributed by atoms with Gasteiger partial charge in [0.1, 0.15) is 11.8 Å². The van der Waals surface area contributed by atoms with Gasteiger partial charge >= 0.3 is 0 Å². The second-order valence-electron chi connectivity index (χ2n) is 6.04. The molecular weight excluding hydrogens is 420 g/mol. The number of amides is 2. The summed E-state index contributed by atoms with van der Waals surface area (Å²) < 4.78 is 5.89. The van der Waals surface area contributed by atoms with Gasteiger partial charge in [-0.25, -0.2) is 0 Å². The van der Waals surface area contributed by atoms with Crippen LogP contribution < -0.4 is 15.4 Å². The van der Waals surface area contributed by atoms with Crippen LogP contribution in [0, 0.1) is 5.92 Å². The zero-order valence-electron chi connectivity index (χ0n) is 14.7. The standard InChI is InChI=1S/C19H20BrClN2O3/c1-11(2)17(19(25)22-16-9-6-13(20)10-15(16)21)23-18(24)12-4-7-14(26-3)8-5-12/h4-11,17H,1-3H3,(H,22,25)(H,23,24). The Morgan fingerprint density at radius 1 is 1.12 bits per heavy atom. The highest BCUT2D eigenvalue weighted by molar-refractivity contribution is 9.10. The summed E-state index contributed by atoms with van der Waals surface area (Å²) in [6.45, 7) is 3.73. The van der Waals surface area contributed by atoms with Crippen molar-refractivity contribution in [2.24, 2.45) is 5.92 Å². The van der Waals surface area contributed by atoms with Gasteiger partial charge in [0.05, 0.1) is 17.8 Å². The summed E-state index contributed by atoms with van der Waals surface area (Å²) in [7, 11) is 1.56. The second-order valence-corrected chi connectivity index (χ2v) is 7.36. The highest BCUT2D eigenvalue weighted by atomic mass is 79.9. The largest absolute Gasteiger partial charge is 0.497 e. The lowest BCUT2D eigenvalue weighted by Gasteiger charge is -2.22. The van der Waals surface area contributed by atoms with E-state index in [-0.39, 0.29) is 17.7 Å². The first kappa shape index (κ1) is 20.3. The van der Waals surface area contributed by atoms with Crippen molar-refractivity contribution >= 4 is 45.0 Å². The molecule has 1 unspecified atom stereocenters. The number of benzene rings is 2. The molecule has 2 N–H and O–H groups in total. The van der Waals surface area contributed by atoms with Crippen molar-refractivity contribution in [2.75, 3.05) is 12.4 Å². The van der Waals surface area contributed by atoms with E-state index in [9.17, 15) is 9.59 Å². The molecule has 2 aromatic rings. The maximum absolute atomic E-state index is 12.6. The molecule has 0 fully saturated rings. The molecular formula is C19H20BrClN2O3. The maximum atomic E-state index is 12.6. The molecule has 0 aliphatic rings. The van der Waals surface area contributed by atoms with Crippen molar-refractivity contribution in [3.63, 3.8) is 0 Å². The Balaban J connectivity index is 2.11. The third kappa shape index (κ3) is 5.22. The maximum Gasteiger partial charge on any atom is 0.251 e. The van der Waals surface area contributed by atoms with Gasteiger partial charge in [0.2, 0.25) is 5.91 Å². The Labute approximate surface area is 166 Å². The van der Waals surface area contributed by atoms with E-state index in [2.05, 4.69) is 26.6 Å². The lowest BCUT2D eigenvalue weighted by atomic mass is 10.0. The van der Waals surface area contributed by atoms with Gasteiger partial charge in [-0.3, -0.25) is 9.59 Å². The Morgan fingerprint density at radius 2 is 1.77 bits per heavy atom. The molecule has 0 aliphatic carbocycles. The quantitative estimate of drug-likeness (QED) is 0.696. The third-order valence-electron chi connectivity index (χ3n) is 3.78. The molecule has 138 valence electrons. The van der Waals surface area contributed by atoms with Gasteiger partial charge in [-0.15, -0.1) is 0 Å². The molecule has 0 spiro atoms. The van der Waals surface area contributed by atoms with Crippen LogP contribution in [0.3, 0.4) is 0 Å². The van der Waals surface area contributed by atoms with Crippen LogP contribution in [0.15, 0.2) is 46.9 Å². The zero-order valence-corrected chi connectivity index (χ0v) is 17.0. The molecule has 1 atom stereocenters. The number of rotatable bonds is 6. The number of hydrogen-bond donors (Lipinski definition) is 2. The summed E-state index contributed by atoms with van der Waals surface area (Å²) in [5, 5.41) is 5.96. The van der Waals surface area contributed by atoms with Crippen LogP contribution in [0.4, 0.5) is 5.69 Å². The first-order valence-corrected chi connectivity index (χ1v) is 9.19. The van der Waals surface area contributed by atoms with Gasteiger partial charge in [-0.2, -0.15) is 0 Å². The molecule has 0 radical (unpaired) electrons. The van der Waals surface area contributed by atoms with Crippen molar-refractivity contribution in [2.45, 2.75) is 19.9 Å². The number of methoxy groups -OCH3 is 1. The van der Waals surface area contributed by atoms with Crippen LogP contribution in [-0.4, -0.2) is 25.0 Å². The van der Waals surface area contributed by atoms with Gasteiger partial charge in [0.15, 0.2) is 0 Å². The minimum atomic E-state index is -0.704. The number of halogens is 2. The van der Waals surface area contributed by atoms with Crippen LogP contribution in [-0.2, 0) is 4.79 Å². The Bertz CT molecular complexity index is 794. The monoisotopic (exact) mass is 438 g/mol. The fourth-order valence-electron chi connectivity index (χ4n) is 2.30. The Kier molecular flexibility index (Phi) is 7.06. The van der Waals surface area contributed by atoms with Gasteiger partial charge in [-0.1, -0.05) is 41.4 Å². The number of carbonyl (C=O) groups excluding carboxylic acids is 2. The molecule has 0 aromatic heterocycles. The minimum Gasteiger partial charge on any atom is -0.497 e. The van der Waals surface area contributed by atoms with Crippen molar-refractivity contribution < 1.29 is 14.3 Å². The van der Waals surface area contributed by atoms with Crippen molar-refractivity contribution in [1.29, 1.82) is 0 Å². The molecule has 2 rings (SSSR count). The van der Waals surface area contributed by atoms with Crippen LogP contribution in [0.5, 0.6) is 5.75 Å². The molecule has 2 aromatic carbocycles. The number of carbonyl (C=O) groups is 2. The number of nitrogens with one attached hydrogen (secondary N) is 2. The zero-order chi connectivity index (χ0) is 19.3. The molecule has 0 saturated carbocycles. The van der Waals surface area contributed by atoms with E-state index in [1.54, 1.807) is 49.6 Å². The molecule has 0 bridgehead atoms. The molecule has 0 saturated heterocycles. The number of hydrogen-bond acceptors (Lipinski definition) is 3. The summed E-state index contributed by atoms with van der Waals surface area (Å²) in [5.74, 6) is -0.106. The number of anilines is 1. The lowest BCUT2D eigenvalue weighted by molar-refractivity contribution is -0.118. The SMILES string of the molecule is COc1ccc(C(=O)NC(C(=O)Nc2ccc(Br)cc2Cl)C(C)C)cc1. The van der Waals surface area contributed by atoms with Crippen molar-refractivity contribution in [1.82, 2.24) is 5.32 Å². The topological polar surface area (TPSA) is 67.4 Å².